The second-order valence-corrected chi connectivity index (χ2v) is 6.93. The maximum Gasteiger partial charge on any atom is 0.278 e. The minimum Gasteiger partial charge on any atom is -0.368 e. The maximum atomic E-state index is 13.1. The topological polar surface area (TPSA) is 71.3 Å². The zero-order valence-electron chi connectivity index (χ0n) is 15.9. The highest BCUT2D eigenvalue weighted by Crippen LogP contribution is 2.19. The Balaban J connectivity index is 1.52. The molecular weight excluding hydrogens is 354 g/mol. The molecule has 1 saturated heterocycles. The molecule has 0 radical (unpaired) electrons. The molecule has 7 heteroatoms. The summed E-state index contributed by atoms with van der Waals surface area (Å²) in [5.74, 6) is -0.0677. The first-order valence-electron chi connectivity index (χ1n) is 9.62. The van der Waals surface area contributed by atoms with Crippen molar-refractivity contribution in [3.05, 3.63) is 65.0 Å². The monoisotopic (exact) mass is 377 g/mol. The molecule has 0 unspecified atom stereocenters. The lowest BCUT2D eigenvalue weighted by atomic mass is 10.1. The van der Waals surface area contributed by atoms with Crippen LogP contribution in [0.25, 0.3) is 10.9 Å². The summed E-state index contributed by atoms with van der Waals surface area (Å²) >= 11 is 0. The number of amides is 1. The van der Waals surface area contributed by atoms with Crippen molar-refractivity contribution in [3.8, 4) is 0 Å². The molecule has 4 rings (SSSR count). The van der Waals surface area contributed by atoms with Gasteiger partial charge in [0, 0.05) is 31.9 Å². The first-order chi connectivity index (χ1) is 13.7. The predicted octanol–water partition coefficient (Wildman–Crippen LogP) is 2.09. The third-order valence-corrected chi connectivity index (χ3v) is 5.27. The number of hydrogen-bond donors (Lipinski definition) is 0. The van der Waals surface area contributed by atoms with Gasteiger partial charge in [0.25, 0.3) is 5.56 Å². The average molecular weight is 377 g/mol. The molecule has 1 amide bonds. The Morgan fingerprint density at radius 1 is 1.00 bits per heavy atom. The molecule has 1 aliphatic rings. The van der Waals surface area contributed by atoms with Gasteiger partial charge in [-0.15, -0.1) is 5.10 Å². The van der Waals surface area contributed by atoms with Gasteiger partial charge in [0.15, 0.2) is 0 Å². The van der Waals surface area contributed by atoms with E-state index in [9.17, 15) is 9.59 Å². The fourth-order valence-electron chi connectivity index (χ4n) is 3.69. The number of piperazine rings is 1. The molecule has 2 aromatic carbocycles. The molecule has 1 atom stereocenters. The highest BCUT2D eigenvalue weighted by molar-refractivity contribution is 5.81. The smallest absolute Gasteiger partial charge is 0.278 e. The van der Waals surface area contributed by atoms with E-state index in [1.54, 1.807) is 18.2 Å². The van der Waals surface area contributed by atoms with Gasteiger partial charge >= 0.3 is 0 Å². The molecule has 7 nitrogen and oxygen atoms in total. The van der Waals surface area contributed by atoms with Gasteiger partial charge in [0.1, 0.15) is 11.6 Å². The Morgan fingerprint density at radius 3 is 2.39 bits per heavy atom. The lowest BCUT2D eigenvalue weighted by Gasteiger charge is -2.37. The van der Waals surface area contributed by atoms with Crippen LogP contribution in [0.2, 0.25) is 0 Å². The molecule has 1 aliphatic heterocycles. The lowest BCUT2D eigenvalue weighted by Crippen LogP contribution is -2.51. The zero-order chi connectivity index (χ0) is 19.5. The van der Waals surface area contributed by atoms with E-state index >= 15 is 0 Å². The summed E-state index contributed by atoms with van der Waals surface area (Å²) in [6.07, 6.45) is 0.491. The van der Waals surface area contributed by atoms with Crippen molar-refractivity contribution in [1.29, 1.82) is 0 Å². The Hall–Kier alpha value is -3.22. The van der Waals surface area contributed by atoms with E-state index in [-0.39, 0.29) is 11.5 Å². The molecule has 0 spiro atoms. The van der Waals surface area contributed by atoms with Gasteiger partial charge in [-0.1, -0.05) is 42.5 Å². The molecular formula is C21H23N5O2. The number of benzene rings is 2. The van der Waals surface area contributed by atoms with Crippen LogP contribution in [0, 0.1) is 0 Å². The van der Waals surface area contributed by atoms with Crippen molar-refractivity contribution in [2.24, 2.45) is 0 Å². The number of para-hydroxylation sites is 1. The van der Waals surface area contributed by atoms with Crippen LogP contribution in [-0.2, 0) is 4.79 Å². The molecule has 0 bridgehead atoms. The zero-order valence-corrected chi connectivity index (χ0v) is 15.9. The summed E-state index contributed by atoms with van der Waals surface area (Å²) in [4.78, 5) is 30.1. The van der Waals surface area contributed by atoms with E-state index in [0.29, 0.717) is 30.4 Å². The van der Waals surface area contributed by atoms with Gasteiger partial charge in [0.05, 0.1) is 5.39 Å². The normalized spacial score (nSPS) is 15.6. The van der Waals surface area contributed by atoms with E-state index in [2.05, 4.69) is 27.3 Å². The minimum absolute atomic E-state index is 0.0677. The van der Waals surface area contributed by atoms with Crippen molar-refractivity contribution in [3.63, 3.8) is 0 Å². The largest absolute Gasteiger partial charge is 0.368 e. The summed E-state index contributed by atoms with van der Waals surface area (Å²) in [6, 6.07) is 16.6. The minimum atomic E-state index is -0.632. The molecule has 0 aliphatic carbocycles. The summed E-state index contributed by atoms with van der Waals surface area (Å²) in [5.41, 5.74) is 1.44. The number of aromatic nitrogens is 3. The second-order valence-electron chi connectivity index (χ2n) is 6.93. The molecule has 1 fully saturated rings. The number of hydrogen-bond acceptors (Lipinski definition) is 5. The second kappa shape index (κ2) is 7.80. The molecule has 0 N–H and O–H groups in total. The summed E-state index contributed by atoms with van der Waals surface area (Å²) in [7, 11) is 0. The van der Waals surface area contributed by atoms with Gasteiger partial charge in [0.2, 0.25) is 5.91 Å². The predicted molar refractivity (Wildman–Crippen MR) is 108 cm³/mol. The van der Waals surface area contributed by atoms with Crippen LogP contribution < -0.4 is 10.5 Å². The summed E-state index contributed by atoms with van der Waals surface area (Å²) in [6.45, 7) is 4.68. The molecule has 28 heavy (non-hydrogen) atoms. The summed E-state index contributed by atoms with van der Waals surface area (Å²) in [5, 5.41) is 8.66. The number of rotatable bonds is 4. The van der Waals surface area contributed by atoms with Crippen molar-refractivity contribution < 1.29 is 4.79 Å². The molecule has 144 valence electrons. The van der Waals surface area contributed by atoms with E-state index in [0.717, 1.165) is 13.1 Å². The standard InChI is InChI=1S/C21H23N5O2/c1-2-19(26-20(27)17-10-6-7-11-18(17)22-23-26)21(28)25-14-12-24(13-15-25)16-8-4-3-5-9-16/h3-11,19H,2,12-15H2,1H3/t19-/m0/s1. The number of carbonyl (C=O) groups is 1. The molecule has 2 heterocycles. The van der Waals surface area contributed by atoms with E-state index < -0.39 is 6.04 Å². The number of carbonyl (C=O) groups excluding carboxylic acids is 1. The van der Waals surface area contributed by atoms with Crippen LogP contribution in [0.1, 0.15) is 19.4 Å². The molecule has 3 aromatic rings. The number of anilines is 1. The first-order valence-corrected chi connectivity index (χ1v) is 9.62. The van der Waals surface area contributed by atoms with Gasteiger partial charge in [-0.25, -0.2) is 0 Å². The van der Waals surface area contributed by atoms with Crippen LogP contribution in [0.3, 0.4) is 0 Å². The fraction of sp³-hybridized carbons (Fsp3) is 0.333. The molecule has 0 saturated carbocycles. The van der Waals surface area contributed by atoms with Crippen LogP contribution >= 0.6 is 0 Å². The lowest BCUT2D eigenvalue weighted by molar-refractivity contribution is -0.135. The number of fused-ring (bicyclic) bond motifs is 1. The van der Waals surface area contributed by atoms with Gasteiger partial charge in [-0.05, 0) is 30.7 Å². The van der Waals surface area contributed by atoms with Gasteiger partial charge in [-0.2, -0.15) is 4.68 Å². The average Bonchev–Trinajstić information content (AvgIpc) is 2.76. The molecule has 1 aromatic heterocycles. The third-order valence-electron chi connectivity index (χ3n) is 5.27. The van der Waals surface area contributed by atoms with Crippen LogP contribution in [0.15, 0.2) is 59.4 Å². The van der Waals surface area contributed by atoms with E-state index in [1.165, 1.54) is 10.4 Å². The van der Waals surface area contributed by atoms with E-state index in [4.69, 9.17) is 0 Å². The highest BCUT2D eigenvalue weighted by Gasteiger charge is 2.29. The van der Waals surface area contributed by atoms with Crippen molar-refractivity contribution >= 4 is 22.5 Å². The maximum absolute atomic E-state index is 13.1. The summed E-state index contributed by atoms with van der Waals surface area (Å²) < 4.78 is 1.24. The highest BCUT2D eigenvalue weighted by atomic mass is 16.2. The first kappa shape index (κ1) is 18.2. The SMILES string of the molecule is CC[C@@H](C(=O)N1CCN(c2ccccc2)CC1)n1nnc2ccccc2c1=O. The fourth-order valence-corrected chi connectivity index (χ4v) is 3.69. The van der Waals surface area contributed by atoms with Gasteiger partial charge < -0.3 is 9.80 Å². The Morgan fingerprint density at radius 2 is 1.68 bits per heavy atom. The number of nitrogens with zero attached hydrogens (tertiary/aromatic N) is 5. The Labute approximate surface area is 163 Å². The quantitative estimate of drug-likeness (QED) is 0.696. The van der Waals surface area contributed by atoms with Crippen LogP contribution in [0.4, 0.5) is 5.69 Å². The van der Waals surface area contributed by atoms with E-state index in [1.807, 2.05) is 36.1 Å². The van der Waals surface area contributed by atoms with Gasteiger partial charge in [-0.3, -0.25) is 9.59 Å². The third kappa shape index (κ3) is 3.35. The van der Waals surface area contributed by atoms with Crippen molar-refractivity contribution in [1.82, 2.24) is 19.9 Å². The van der Waals surface area contributed by atoms with Crippen LogP contribution in [0.5, 0.6) is 0 Å². The Kier molecular flexibility index (Phi) is 5.06. The Bertz CT molecular complexity index is 1030. The van der Waals surface area contributed by atoms with Crippen LogP contribution in [-0.4, -0.2) is 52.0 Å². The van der Waals surface area contributed by atoms with Crippen molar-refractivity contribution in [2.45, 2.75) is 19.4 Å². The van der Waals surface area contributed by atoms with Crippen molar-refractivity contribution in [2.75, 3.05) is 31.1 Å².